The molecule has 0 radical (unpaired) electrons. The van der Waals surface area contributed by atoms with E-state index in [1.807, 2.05) is 24.3 Å². The molecule has 0 unspecified atom stereocenters. The molecule has 4 rings (SSSR count). The number of aromatic nitrogens is 2. The van der Waals surface area contributed by atoms with Crippen LogP contribution in [0.2, 0.25) is 0 Å². The number of sulfone groups is 1. The van der Waals surface area contributed by atoms with Crippen LogP contribution in [0.4, 0.5) is 0 Å². The number of imidazole rings is 1. The van der Waals surface area contributed by atoms with Crippen molar-refractivity contribution in [3.63, 3.8) is 0 Å². The quantitative estimate of drug-likeness (QED) is 0.769. The van der Waals surface area contributed by atoms with Gasteiger partial charge in [-0.3, -0.25) is 4.79 Å². The molecule has 2 aromatic carbocycles. The largest absolute Gasteiger partial charge is 0.340 e. The van der Waals surface area contributed by atoms with Crippen molar-refractivity contribution in [2.75, 3.05) is 12.8 Å². The third kappa shape index (κ3) is 2.99. The Balaban J connectivity index is 1.67. The molecule has 0 spiro atoms. The van der Waals surface area contributed by atoms with Crippen molar-refractivity contribution in [2.45, 2.75) is 23.8 Å². The summed E-state index contributed by atoms with van der Waals surface area (Å²) >= 11 is 0. The number of para-hydroxylation sites is 2. The van der Waals surface area contributed by atoms with E-state index in [2.05, 4.69) is 9.97 Å². The summed E-state index contributed by atoms with van der Waals surface area (Å²) in [7, 11) is -3.35. The number of nitrogens with zero attached hydrogens (tertiary/aromatic N) is 2. The minimum atomic E-state index is -3.35. The van der Waals surface area contributed by atoms with E-state index in [4.69, 9.17) is 0 Å². The van der Waals surface area contributed by atoms with Crippen LogP contribution >= 0.6 is 0 Å². The van der Waals surface area contributed by atoms with Gasteiger partial charge in [-0.05, 0) is 43.2 Å². The van der Waals surface area contributed by atoms with Gasteiger partial charge in [0.1, 0.15) is 5.82 Å². The van der Waals surface area contributed by atoms with E-state index in [9.17, 15) is 13.2 Å². The Hall–Kier alpha value is -2.67. The number of hydrogen-bond donors (Lipinski definition) is 1. The molecule has 1 fully saturated rings. The Morgan fingerprint density at radius 2 is 2.00 bits per heavy atom. The van der Waals surface area contributed by atoms with Crippen LogP contribution in [0.5, 0.6) is 0 Å². The molecule has 1 amide bonds. The maximum absolute atomic E-state index is 13.0. The monoisotopic (exact) mass is 369 g/mol. The minimum Gasteiger partial charge on any atom is -0.340 e. The lowest BCUT2D eigenvalue weighted by atomic mass is 10.1. The second-order valence-corrected chi connectivity index (χ2v) is 8.61. The first-order valence-corrected chi connectivity index (χ1v) is 10.4. The first-order chi connectivity index (χ1) is 12.4. The molecule has 0 bridgehead atoms. The van der Waals surface area contributed by atoms with Gasteiger partial charge in [-0.15, -0.1) is 0 Å². The maximum Gasteiger partial charge on any atom is 0.254 e. The van der Waals surface area contributed by atoms with E-state index in [1.165, 1.54) is 12.1 Å². The van der Waals surface area contributed by atoms with Crippen LogP contribution in [-0.4, -0.2) is 42.0 Å². The third-order valence-corrected chi connectivity index (χ3v) is 5.86. The second-order valence-electron chi connectivity index (χ2n) is 6.60. The van der Waals surface area contributed by atoms with Crippen molar-refractivity contribution in [3.05, 3.63) is 59.9 Å². The number of amides is 1. The van der Waals surface area contributed by atoms with Crippen LogP contribution < -0.4 is 0 Å². The standard InChI is InChI=1S/C19H19N3O3S/c1-26(24,25)14-7-4-6-13(12-14)19(23)22-11-5-10-17(22)18-20-15-8-2-3-9-16(15)21-18/h2-4,6-9,12,17H,5,10-11H2,1H3,(H,20,21)/t17-/m0/s1. The molecule has 134 valence electrons. The minimum absolute atomic E-state index is 0.128. The molecule has 7 heteroatoms. The van der Waals surface area contributed by atoms with E-state index in [0.717, 1.165) is 36.0 Å². The summed E-state index contributed by atoms with van der Waals surface area (Å²) in [6.45, 7) is 0.629. The van der Waals surface area contributed by atoms with Gasteiger partial charge in [0.2, 0.25) is 0 Å². The van der Waals surface area contributed by atoms with Crippen LogP contribution in [0.15, 0.2) is 53.4 Å². The number of H-pyrrole nitrogens is 1. The van der Waals surface area contributed by atoms with Crippen LogP contribution in [0.1, 0.15) is 35.1 Å². The topological polar surface area (TPSA) is 83.1 Å². The number of benzene rings is 2. The van der Waals surface area contributed by atoms with Crippen molar-refractivity contribution < 1.29 is 13.2 Å². The number of likely N-dealkylation sites (tertiary alicyclic amines) is 1. The SMILES string of the molecule is CS(=O)(=O)c1cccc(C(=O)N2CCC[C@H]2c2nc3ccccc3[nH]2)c1. The van der Waals surface area contributed by atoms with Gasteiger partial charge in [0, 0.05) is 18.4 Å². The van der Waals surface area contributed by atoms with Crippen molar-refractivity contribution in [1.29, 1.82) is 0 Å². The zero-order chi connectivity index (χ0) is 18.3. The second kappa shape index (κ2) is 6.25. The van der Waals surface area contributed by atoms with Gasteiger partial charge in [-0.2, -0.15) is 0 Å². The molecule has 0 aliphatic carbocycles. The normalized spacial score (nSPS) is 17.7. The summed E-state index contributed by atoms with van der Waals surface area (Å²) in [6.07, 6.45) is 2.86. The lowest BCUT2D eigenvalue weighted by Crippen LogP contribution is -2.31. The van der Waals surface area contributed by atoms with E-state index >= 15 is 0 Å². The molecular formula is C19H19N3O3S. The molecule has 1 aliphatic rings. The van der Waals surface area contributed by atoms with Crippen molar-refractivity contribution in [1.82, 2.24) is 14.9 Å². The summed E-state index contributed by atoms with van der Waals surface area (Å²) in [5, 5.41) is 0. The molecular weight excluding hydrogens is 350 g/mol. The fourth-order valence-electron chi connectivity index (χ4n) is 3.45. The molecule has 0 saturated carbocycles. The zero-order valence-corrected chi connectivity index (χ0v) is 15.2. The Kier molecular flexibility index (Phi) is 4.03. The Morgan fingerprint density at radius 1 is 1.19 bits per heavy atom. The molecule has 3 aromatic rings. The van der Waals surface area contributed by atoms with Gasteiger partial charge in [-0.25, -0.2) is 13.4 Å². The number of carbonyl (C=O) groups is 1. The lowest BCUT2D eigenvalue weighted by Gasteiger charge is -2.23. The summed E-state index contributed by atoms with van der Waals surface area (Å²) in [5.41, 5.74) is 2.21. The van der Waals surface area contributed by atoms with Crippen molar-refractivity contribution in [2.24, 2.45) is 0 Å². The highest BCUT2D eigenvalue weighted by Gasteiger charge is 2.33. The van der Waals surface area contributed by atoms with Crippen LogP contribution in [0.3, 0.4) is 0 Å². The lowest BCUT2D eigenvalue weighted by molar-refractivity contribution is 0.0730. The average molecular weight is 369 g/mol. The number of fused-ring (bicyclic) bond motifs is 1. The Bertz CT molecular complexity index is 1060. The Morgan fingerprint density at radius 3 is 2.77 bits per heavy atom. The Labute approximate surface area is 151 Å². The average Bonchev–Trinajstić information content (AvgIpc) is 3.26. The summed E-state index contributed by atoms with van der Waals surface area (Å²) in [5.74, 6) is 0.606. The number of aromatic amines is 1. The summed E-state index contributed by atoms with van der Waals surface area (Å²) in [6, 6.07) is 13.9. The highest BCUT2D eigenvalue weighted by atomic mass is 32.2. The molecule has 2 heterocycles. The van der Waals surface area contributed by atoms with E-state index in [-0.39, 0.29) is 16.8 Å². The predicted octanol–water partition coefficient (Wildman–Crippen LogP) is 2.94. The highest BCUT2D eigenvalue weighted by Crippen LogP contribution is 2.32. The summed E-state index contributed by atoms with van der Waals surface area (Å²) < 4.78 is 23.5. The first-order valence-electron chi connectivity index (χ1n) is 8.49. The molecule has 6 nitrogen and oxygen atoms in total. The van der Waals surface area contributed by atoms with Crippen molar-refractivity contribution in [3.8, 4) is 0 Å². The highest BCUT2D eigenvalue weighted by molar-refractivity contribution is 7.90. The van der Waals surface area contributed by atoms with E-state index in [1.54, 1.807) is 17.0 Å². The van der Waals surface area contributed by atoms with Gasteiger partial charge < -0.3 is 9.88 Å². The summed E-state index contributed by atoms with van der Waals surface area (Å²) in [4.78, 5) is 22.9. The molecule has 1 saturated heterocycles. The smallest absolute Gasteiger partial charge is 0.254 e. The van der Waals surface area contributed by atoms with E-state index < -0.39 is 9.84 Å². The van der Waals surface area contributed by atoms with Gasteiger partial charge >= 0.3 is 0 Å². The molecule has 1 atom stereocenters. The number of nitrogens with one attached hydrogen (secondary N) is 1. The third-order valence-electron chi connectivity index (χ3n) is 4.75. The fourth-order valence-corrected chi connectivity index (χ4v) is 4.12. The van der Waals surface area contributed by atoms with E-state index in [0.29, 0.717) is 12.1 Å². The first kappa shape index (κ1) is 16.8. The molecule has 1 aromatic heterocycles. The van der Waals surface area contributed by atoms with Crippen LogP contribution in [0, 0.1) is 0 Å². The maximum atomic E-state index is 13.0. The van der Waals surface area contributed by atoms with Gasteiger partial charge in [0.15, 0.2) is 9.84 Å². The van der Waals surface area contributed by atoms with Crippen molar-refractivity contribution >= 4 is 26.8 Å². The van der Waals surface area contributed by atoms with Gasteiger partial charge in [0.05, 0.1) is 22.0 Å². The molecule has 1 N–H and O–H groups in total. The fraction of sp³-hybridized carbons (Fsp3) is 0.263. The van der Waals surface area contributed by atoms with Crippen LogP contribution in [0.25, 0.3) is 11.0 Å². The zero-order valence-electron chi connectivity index (χ0n) is 14.3. The molecule has 1 aliphatic heterocycles. The van der Waals surface area contributed by atoms with Gasteiger partial charge in [0.25, 0.3) is 5.91 Å². The number of hydrogen-bond acceptors (Lipinski definition) is 4. The molecule has 26 heavy (non-hydrogen) atoms. The van der Waals surface area contributed by atoms with Gasteiger partial charge in [-0.1, -0.05) is 18.2 Å². The predicted molar refractivity (Wildman–Crippen MR) is 98.7 cm³/mol. The van der Waals surface area contributed by atoms with Crippen LogP contribution in [-0.2, 0) is 9.84 Å². The number of rotatable bonds is 3. The number of carbonyl (C=O) groups excluding carboxylic acids is 1.